The molecule has 4 nitrogen and oxygen atoms in total. The summed E-state index contributed by atoms with van der Waals surface area (Å²) in [4.78, 5) is 14.1. The molecule has 1 saturated heterocycles. The third kappa shape index (κ3) is 3.52. The Morgan fingerprint density at radius 1 is 1.25 bits per heavy atom. The Hall–Kier alpha value is -1.72. The molecule has 1 heterocycles. The first-order valence-electron chi connectivity index (χ1n) is 8.14. The van der Waals surface area contributed by atoms with Gasteiger partial charge in [-0.2, -0.15) is 0 Å². The predicted octanol–water partition coefficient (Wildman–Crippen LogP) is 4.18. The zero-order valence-corrected chi connectivity index (χ0v) is 15.0. The van der Waals surface area contributed by atoms with Crippen molar-refractivity contribution in [3.63, 3.8) is 0 Å². The van der Waals surface area contributed by atoms with Crippen LogP contribution in [-0.4, -0.2) is 39.4 Å². The fourth-order valence-electron chi connectivity index (χ4n) is 2.93. The van der Waals surface area contributed by atoms with Crippen molar-refractivity contribution in [2.75, 3.05) is 12.3 Å². The summed E-state index contributed by atoms with van der Waals surface area (Å²) in [6.45, 7) is 6.14. The Morgan fingerprint density at radius 3 is 2.71 bits per heavy atom. The molecule has 1 N–H and O–H groups in total. The van der Waals surface area contributed by atoms with Crippen LogP contribution in [0.15, 0.2) is 42.5 Å². The molecule has 24 heavy (non-hydrogen) atoms. The van der Waals surface area contributed by atoms with E-state index >= 15 is 0 Å². The Balaban J connectivity index is 1.88. The second-order valence-corrected chi connectivity index (χ2v) is 8.17. The number of benzene rings is 2. The first-order valence-corrected chi connectivity index (χ1v) is 9.19. The maximum absolute atomic E-state index is 12.4. The van der Waals surface area contributed by atoms with Crippen molar-refractivity contribution in [3.8, 4) is 0 Å². The van der Waals surface area contributed by atoms with Gasteiger partial charge in [-0.05, 0) is 37.1 Å². The zero-order chi connectivity index (χ0) is 17.3. The van der Waals surface area contributed by atoms with Gasteiger partial charge in [0.05, 0.1) is 0 Å². The summed E-state index contributed by atoms with van der Waals surface area (Å²) < 4.78 is 5.49. The lowest BCUT2D eigenvalue weighted by Gasteiger charge is -2.30. The molecule has 0 unspecified atom stereocenters. The van der Waals surface area contributed by atoms with E-state index in [1.165, 1.54) is 0 Å². The van der Waals surface area contributed by atoms with Crippen LogP contribution in [0.25, 0.3) is 10.8 Å². The van der Waals surface area contributed by atoms with E-state index < -0.39 is 11.7 Å². The maximum atomic E-state index is 12.4. The van der Waals surface area contributed by atoms with Crippen LogP contribution in [0.5, 0.6) is 0 Å². The number of amides is 1. The van der Waals surface area contributed by atoms with Crippen molar-refractivity contribution < 1.29 is 14.6 Å². The number of fused-ring (bicyclic) bond motifs is 1. The van der Waals surface area contributed by atoms with Crippen molar-refractivity contribution in [1.82, 2.24) is 4.90 Å². The number of nitrogens with zero attached hydrogens (tertiary/aromatic N) is 1. The van der Waals surface area contributed by atoms with Gasteiger partial charge in [-0.15, -0.1) is 11.8 Å². The van der Waals surface area contributed by atoms with Gasteiger partial charge in [0.25, 0.3) is 0 Å². The van der Waals surface area contributed by atoms with E-state index in [4.69, 9.17) is 4.74 Å². The summed E-state index contributed by atoms with van der Waals surface area (Å²) in [5.74, 6) is 0.797. The van der Waals surface area contributed by atoms with Crippen LogP contribution in [0.4, 0.5) is 4.79 Å². The molecule has 5 heteroatoms. The fourth-order valence-corrected chi connectivity index (χ4v) is 4.17. The Bertz CT molecular complexity index is 735. The van der Waals surface area contributed by atoms with Crippen molar-refractivity contribution in [3.05, 3.63) is 48.0 Å². The molecule has 2 atom stereocenters. The molecule has 1 aliphatic heterocycles. The van der Waals surface area contributed by atoms with E-state index in [2.05, 4.69) is 0 Å². The molecule has 0 aromatic heterocycles. The lowest BCUT2D eigenvalue weighted by atomic mass is 10.00. The van der Waals surface area contributed by atoms with Crippen LogP contribution in [0, 0.1) is 0 Å². The number of ether oxygens (including phenoxy) is 1. The molecule has 2 aromatic carbocycles. The topological polar surface area (TPSA) is 49.8 Å². The minimum atomic E-state index is -0.754. The van der Waals surface area contributed by atoms with Crippen molar-refractivity contribution in [1.29, 1.82) is 0 Å². The third-order valence-corrected chi connectivity index (χ3v) is 5.24. The number of carbonyl (C=O) groups is 1. The second-order valence-electron chi connectivity index (χ2n) is 6.95. The Morgan fingerprint density at radius 2 is 1.96 bits per heavy atom. The highest BCUT2D eigenvalue weighted by Gasteiger charge is 2.38. The van der Waals surface area contributed by atoms with Gasteiger partial charge in [-0.3, -0.25) is 4.90 Å². The van der Waals surface area contributed by atoms with Crippen LogP contribution in [-0.2, 0) is 4.74 Å². The lowest BCUT2D eigenvalue weighted by molar-refractivity contribution is 0.0134. The van der Waals surface area contributed by atoms with Crippen LogP contribution in [0.3, 0.4) is 0 Å². The van der Waals surface area contributed by atoms with Gasteiger partial charge in [0.1, 0.15) is 17.1 Å². The third-order valence-electron chi connectivity index (χ3n) is 3.97. The predicted molar refractivity (Wildman–Crippen MR) is 98.1 cm³/mol. The lowest BCUT2D eigenvalue weighted by Crippen LogP contribution is -2.41. The molecule has 3 rings (SSSR count). The highest BCUT2D eigenvalue weighted by molar-refractivity contribution is 8.00. The summed E-state index contributed by atoms with van der Waals surface area (Å²) in [5.41, 5.74) is 0.306. The van der Waals surface area contributed by atoms with Crippen molar-refractivity contribution >= 4 is 28.6 Å². The molecular formula is C19H23NO3S. The molecule has 1 amide bonds. The smallest absolute Gasteiger partial charge is 0.411 e. The zero-order valence-electron chi connectivity index (χ0n) is 14.2. The van der Waals surface area contributed by atoms with Crippen molar-refractivity contribution in [2.24, 2.45) is 0 Å². The van der Waals surface area contributed by atoms with Crippen LogP contribution in [0.1, 0.15) is 32.4 Å². The number of hydrogen-bond acceptors (Lipinski definition) is 4. The minimum Gasteiger partial charge on any atom is -0.444 e. The molecule has 0 bridgehead atoms. The van der Waals surface area contributed by atoms with E-state index in [-0.39, 0.29) is 11.5 Å². The fraction of sp³-hybridized carbons (Fsp3) is 0.421. The molecule has 0 aliphatic carbocycles. The quantitative estimate of drug-likeness (QED) is 0.887. The summed E-state index contributed by atoms with van der Waals surface area (Å²) in [6, 6.07) is 13.9. The molecule has 2 aromatic rings. The van der Waals surface area contributed by atoms with Gasteiger partial charge in [0.15, 0.2) is 0 Å². The van der Waals surface area contributed by atoms with Gasteiger partial charge >= 0.3 is 6.09 Å². The van der Waals surface area contributed by atoms with E-state index in [1.54, 1.807) is 16.7 Å². The monoisotopic (exact) mass is 345 g/mol. The number of aliphatic hydroxyl groups excluding tert-OH is 1. The van der Waals surface area contributed by atoms with Gasteiger partial charge in [-0.25, -0.2) is 4.79 Å². The van der Waals surface area contributed by atoms with E-state index in [0.717, 1.165) is 22.1 Å². The average molecular weight is 345 g/mol. The molecular weight excluding hydrogens is 322 g/mol. The summed E-state index contributed by atoms with van der Waals surface area (Å²) in [7, 11) is 0. The van der Waals surface area contributed by atoms with Gasteiger partial charge in [0, 0.05) is 12.3 Å². The van der Waals surface area contributed by atoms with E-state index in [9.17, 15) is 9.90 Å². The van der Waals surface area contributed by atoms with Crippen molar-refractivity contribution in [2.45, 2.75) is 37.9 Å². The van der Waals surface area contributed by atoms with Gasteiger partial charge < -0.3 is 9.84 Å². The highest BCUT2D eigenvalue weighted by atomic mass is 32.2. The normalized spacial score (nSPS) is 19.5. The number of thioether (sulfide) groups is 1. The number of carbonyl (C=O) groups excluding carboxylic acids is 1. The number of rotatable bonds is 2. The van der Waals surface area contributed by atoms with E-state index in [0.29, 0.717) is 6.54 Å². The first-order chi connectivity index (χ1) is 11.4. The first kappa shape index (κ1) is 17.1. The number of hydrogen-bond donors (Lipinski definition) is 1. The van der Waals surface area contributed by atoms with Gasteiger partial charge in [0.2, 0.25) is 0 Å². The summed E-state index contributed by atoms with van der Waals surface area (Å²) in [5, 5.41) is 12.7. The standard InChI is InChI=1S/C19H23NO3S/c1-19(2,3)23-18(22)20-11-12-24-17(20)16(21)15-10-6-8-13-7-4-5-9-14(13)15/h4-10,16-17,21H,11-12H2,1-3H3/t16-,17-/m0/s1. The maximum Gasteiger partial charge on any atom is 0.411 e. The van der Waals surface area contributed by atoms with Crippen LogP contribution in [0.2, 0.25) is 0 Å². The largest absolute Gasteiger partial charge is 0.444 e. The summed E-state index contributed by atoms with van der Waals surface area (Å²) >= 11 is 1.59. The second kappa shape index (κ2) is 6.65. The molecule has 0 saturated carbocycles. The highest BCUT2D eigenvalue weighted by Crippen LogP contribution is 2.37. The SMILES string of the molecule is CC(C)(C)OC(=O)N1CCS[C@H]1[C@@H](O)c1cccc2ccccc12. The minimum absolute atomic E-state index is 0.328. The average Bonchev–Trinajstić information content (AvgIpc) is 3.02. The van der Waals surface area contributed by atoms with Crippen LogP contribution >= 0.6 is 11.8 Å². The number of aliphatic hydroxyl groups is 1. The molecule has 0 radical (unpaired) electrons. The van der Waals surface area contributed by atoms with Crippen LogP contribution < -0.4 is 0 Å². The Kier molecular flexibility index (Phi) is 4.74. The Labute approximate surface area is 146 Å². The molecule has 1 fully saturated rings. The molecule has 0 spiro atoms. The molecule has 1 aliphatic rings. The van der Waals surface area contributed by atoms with Gasteiger partial charge in [-0.1, -0.05) is 42.5 Å². The van der Waals surface area contributed by atoms with E-state index in [1.807, 2.05) is 63.2 Å². The molecule has 128 valence electrons. The summed E-state index contributed by atoms with van der Waals surface area (Å²) in [6.07, 6.45) is -1.12.